The number of aromatic nitrogens is 1. The molecule has 1 fully saturated rings. The smallest absolute Gasteiger partial charge is 0.271 e. The number of nitrogens with one attached hydrogen (secondary N) is 2. The molecule has 0 saturated carbocycles. The van der Waals surface area contributed by atoms with E-state index in [1.165, 1.54) is 45.2 Å². The van der Waals surface area contributed by atoms with E-state index in [1.807, 2.05) is 0 Å². The van der Waals surface area contributed by atoms with E-state index in [2.05, 4.69) is 27.4 Å². The van der Waals surface area contributed by atoms with Crippen LogP contribution in [0.4, 0.5) is 5.13 Å². The summed E-state index contributed by atoms with van der Waals surface area (Å²) < 4.78 is 15.8. The highest BCUT2D eigenvalue weighted by Crippen LogP contribution is 2.35. The van der Waals surface area contributed by atoms with Crippen molar-refractivity contribution in [1.29, 1.82) is 0 Å². The summed E-state index contributed by atoms with van der Waals surface area (Å²) in [6.07, 6.45) is 3.51. The normalized spacial score (nSPS) is 16.5. The van der Waals surface area contributed by atoms with Gasteiger partial charge in [0.15, 0.2) is 16.6 Å². The van der Waals surface area contributed by atoms with E-state index >= 15 is 0 Å². The van der Waals surface area contributed by atoms with Crippen molar-refractivity contribution < 1.29 is 23.8 Å². The Morgan fingerprint density at radius 3 is 2.48 bits per heavy atom. The molecule has 2 N–H and O–H groups in total. The predicted octanol–water partition coefficient (Wildman–Crippen LogP) is 2.98. The molecule has 0 spiro atoms. The highest BCUT2D eigenvalue weighted by atomic mass is 32.1. The largest absolute Gasteiger partial charge is 0.496 e. The van der Waals surface area contributed by atoms with E-state index in [9.17, 15) is 9.59 Å². The minimum Gasteiger partial charge on any atom is -0.496 e. The molecule has 9 nitrogen and oxygen atoms in total. The van der Waals surface area contributed by atoms with Crippen LogP contribution in [0.2, 0.25) is 0 Å². The second kappa shape index (κ2) is 10.5. The molecule has 0 radical (unpaired) electrons. The molecule has 1 unspecified atom stereocenters. The maximum absolute atomic E-state index is 12.8. The van der Waals surface area contributed by atoms with Crippen LogP contribution in [0.5, 0.6) is 17.2 Å². The fraction of sp³-hybridized carbons (Fsp3) is 0.476. The van der Waals surface area contributed by atoms with Crippen molar-refractivity contribution in [3.05, 3.63) is 28.8 Å². The minimum atomic E-state index is -0.429. The highest BCUT2D eigenvalue weighted by molar-refractivity contribution is 7.14. The van der Waals surface area contributed by atoms with Gasteiger partial charge in [-0.2, -0.15) is 0 Å². The van der Waals surface area contributed by atoms with Gasteiger partial charge in [0.25, 0.3) is 11.8 Å². The Kier molecular flexibility index (Phi) is 7.69. The average Bonchev–Trinajstić information content (AvgIpc) is 3.25. The van der Waals surface area contributed by atoms with Crippen molar-refractivity contribution in [3.8, 4) is 17.2 Å². The van der Waals surface area contributed by atoms with Crippen molar-refractivity contribution >= 4 is 28.3 Å². The predicted molar refractivity (Wildman–Crippen MR) is 119 cm³/mol. The van der Waals surface area contributed by atoms with Gasteiger partial charge in [-0.3, -0.25) is 19.8 Å². The number of likely N-dealkylation sites (tertiary alicyclic amines) is 1. The van der Waals surface area contributed by atoms with Crippen molar-refractivity contribution in [2.24, 2.45) is 0 Å². The van der Waals surface area contributed by atoms with E-state index < -0.39 is 5.91 Å². The topological polar surface area (TPSA) is 102 Å². The van der Waals surface area contributed by atoms with Gasteiger partial charge < -0.3 is 19.5 Å². The molecule has 1 aliphatic rings. The number of piperidine rings is 1. The Hall–Kier alpha value is -2.85. The molecular weight excluding hydrogens is 420 g/mol. The van der Waals surface area contributed by atoms with Gasteiger partial charge in [-0.25, -0.2) is 4.98 Å². The zero-order valence-corrected chi connectivity index (χ0v) is 19.0. The lowest BCUT2D eigenvalue weighted by molar-refractivity contribution is 0.0875. The van der Waals surface area contributed by atoms with Crippen LogP contribution in [0.25, 0.3) is 0 Å². The van der Waals surface area contributed by atoms with Gasteiger partial charge in [0.05, 0.1) is 33.6 Å². The molecule has 1 aliphatic heterocycles. The molecule has 3 rings (SSSR count). The second-order valence-corrected chi connectivity index (χ2v) is 8.08. The first kappa shape index (κ1) is 22.8. The maximum atomic E-state index is 12.8. The van der Waals surface area contributed by atoms with Gasteiger partial charge in [0.2, 0.25) is 0 Å². The molecule has 1 atom stereocenters. The third-order valence-corrected chi connectivity index (χ3v) is 6.05. The van der Waals surface area contributed by atoms with E-state index in [-0.39, 0.29) is 17.2 Å². The van der Waals surface area contributed by atoms with Crippen LogP contribution in [0.3, 0.4) is 0 Å². The Labute approximate surface area is 185 Å². The fourth-order valence-corrected chi connectivity index (χ4v) is 4.15. The molecule has 1 aromatic carbocycles. The van der Waals surface area contributed by atoms with Crippen LogP contribution in [0.15, 0.2) is 17.5 Å². The Morgan fingerprint density at radius 1 is 1.10 bits per heavy atom. The molecule has 2 aromatic rings. The summed E-state index contributed by atoms with van der Waals surface area (Å²) in [6.45, 7) is 3.64. The zero-order valence-electron chi connectivity index (χ0n) is 18.2. The molecule has 1 saturated heterocycles. The summed E-state index contributed by atoms with van der Waals surface area (Å²) in [6, 6.07) is 3.57. The average molecular weight is 449 g/mol. The summed E-state index contributed by atoms with van der Waals surface area (Å²) in [5.74, 6) is 0.492. The molecule has 10 heteroatoms. The Bertz CT molecular complexity index is 932. The number of benzene rings is 1. The first-order valence-electron chi connectivity index (χ1n) is 10.1. The Morgan fingerprint density at radius 2 is 1.81 bits per heavy atom. The van der Waals surface area contributed by atoms with E-state index in [0.29, 0.717) is 35.1 Å². The summed E-state index contributed by atoms with van der Waals surface area (Å²) in [5, 5.41) is 7.56. The minimum absolute atomic E-state index is 0.264. The number of methoxy groups -OCH3 is 3. The molecular formula is C21H28N4O5S. The SMILES string of the molecule is COc1cc(OC)c(C(=O)Nc2nc(C(=O)NCN3CCCCC3C)cs2)cc1OC. The van der Waals surface area contributed by atoms with Crippen LogP contribution >= 0.6 is 11.3 Å². The van der Waals surface area contributed by atoms with Crippen LogP contribution in [0, 0.1) is 0 Å². The van der Waals surface area contributed by atoms with Gasteiger partial charge in [-0.15, -0.1) is 11.3 Å². The quantitative estimate of drug-likeness (QED) is 0.640. The summed E-state index contributed by atoms with van der Waals surface area (Å²) in [4.78, 5) is 31.7. The van der Waals surface area contributed by atoms with Crippen LogP contribution in [-0.4, -0.2) is 62.3 Å². The standard InChI is InChI=1S/C21H28N4O5S/c1-13-7-5-6-8-25(13)12-22-20(27)15-11-31-21(23-15)24-19(26)14-9-17(29-3)18(30-4)10-16(14)28-2/h9-11,13H,5-8,12H2,1-4H3,(H,22,27)(H,23,24,26). The summed E-state index contributed by atoms with van der Waals surface area (Å²) >= 11 is 1.18. The lowest BCUT2D eigenvalue weighted by Gasteiger charge is -2.33. The third kappa shape index (κ3) is 5.45. The van der Waals surface area contributed by atoms with Gasteiger partial charge >= 0.3 is 0 Å². The molecule has 31 heavy (non-hydrogen) atoms. The number of thiazole rings is 1. The van der Waals surface area contributed by atoms with Crippen LogP contribution < -0.4 is 24.8 Å². The van der Waals surface area contributed by atoms with Crippen molar-refractivity contribution in [2.45, 2.75) is 32.2 Å². The molecule has 2 heterocycles. The third-order valence-electron chi connectivity index (χ3n) is 5.29. The lowest BCUT2D eigenvalue weighted by Crippen LogP contribution is -2.45. The van der Waals surface area contributed by atoms with Crippen LogP contribution in [0.1, 0.15) is 47.0 Å². The van der Waals surface area contributed by atoms with Crippen molar-refractivity contribution in [3.63, 3.8) is 0 Å². The van der Waals surface area contributed by atoms with Gasteiger partial charge in [-0.1, -0.05) is 6.42 Å². The number of hydrogen-bond donors (Lipinski definition) is 2. The van der Waals surface area contributed by atoms with Gasteiger partial charge in [-0.05, 0) is 19.8 Å². The number of ether oxygens (including phenoxy) is 3. The summed E-state index contributed by atoms with van der Waals surface area (Å²) in [5.41, 5.74) is 0.532. The highest BCUT2D eigenvalue weighted by Gasteiger charge is 2.21. The number of anilines is 1. The van der Waals surface area contributed by atoms with Crippen molar-refractivity contribution in [1.82, 2.24) is 15.2 Å². The number of rotatable bonds is 8. The van der Waals surface area contributed by atoms with E-state index in [0.717, 1.165) is 19.4 Å². The van der Waals surface area contributed by atoms with Gasteiger partial charge in [0.1, 0.15) is 11.4 Å². The van der Waals surface area contributed by atoms with Gasteiger partial charge in [0, 0.05) is 30.1 Å². The van der Waals surface area contributed by atoms with Crippen LogP contribution in [-0.2, 0) is 0 Å². The monoisotopic (exact) mass is 448 g/mol. The van der Waals surface area contributed by atoms with E-state index in [4.69, 9.17) is 14.2 Å². The summed E-state index contributed by atoms with van der Waals surface area (Å²) in [7, 11) is 4.46. The molecule has 0 bridgehead atoms. The number of carbonyl (C=O) groups excluding carboxylic acids is 2. The van der Waals surface area contributed by atoms with Crippen molar-refractivity contribution in [2.75, 3.05) is 39.9 Å². The molecule has 0 aliphatic carbocycles. The molecule has 2 amide bonds. The number of amides is 2. The number of nitrogens with zero attached hydrogens (tertiary/aromatic N) is 2. The first-order chi connectivity index (χ1) is 15.0. The lowest BCUT2D eigenvalue weighted by atomic mass is 10.0. The second-order valence-electron chi connectivity index (χ2n) is 7.22. The zero-order chi connectivity index (χ0) is 22.4. The fourth-order valence-electron chi connectivity index (χ4n) is 3.46. The molecule has 168 valence electrons. The number of hydrogen-bond acceptors (Lipinski definition) is 8. The maximum Gasteiger partial charge on any atom is 0.271 e. The first-order valence-corrected chi connectivity index (χ1v) is 10.9. The van der Waals surface area contributed by atoms with E-state index in [1.54, 1.807) is 11.4 Å². The number of carbonyl (C=O) groups is 2. The molecule has 1 aromatic heterocycles. The Balaban J connectivity index is 1.65.